The van der Waals surface area contributed by atoms with Gasteiger partial charge in [-0.3, -0.25) is 9.69 Å². The van der Waals surface area contributed by atoms with Crippen LogP contribution in [0.1, 0.15) is 19.3 Å². The van der Waals surface area contributed by atoms with Crippen LogP contribution in [0, 0.1) is 5.92 Å². The lowest BCUT2D eigenvalue weighted by atomic mass is 10.1. The van der Waals surface area contributed by atoms with E-state index in [1.54, 1.807) is 0 Å². The van der Waals surface area contributed by atoms with E-state index in [1.165, 1.54) is 6.42 Å². The Morgan fingerprint density at radius 3 is 2.48 bits per heavy atom. The van der Waals surface area contributed by atoms with Gasteiger partial charge in [0, 0.05) is 39.3 Å². The van der Waals surface area contributed by atoms with E-state index in [0.717, 1.165) is 65.3 Å². The predicted molar refractivity (Wildman–Crippen MR) is 87.5 cm³/mol. The minimum Gasteiger partial charge on any atom is -0.381 e. The first-order valence-electron chi connectivity index (χ1n) is 7.65. The van der Waals surface area contributed by atoms with E-state index in [1.807, 2.05) is 4.90 Å². The molecule has 21 heavy (non-hydrogen) atoms. The quantitative estimate of drug-likeness (QED) is 0.824. The topological polar surface area (TPSA) is 44.8 Å². The summed E-state index contributed by atoms with van der Waals surface area (Å²) >= 11 is 0. The second-order valence-electron chi connectivity index (χ2n) is 6.00. The fourth-order valence-corrected chi connectivity index (χ4v) is 3.36. The molecule has 3 saturated heterocycles. The van der Waals surface area contributed by atoms with Crippen molar-refractivity contribution in [3.63, 3.8) is 0 Å². The molecule has 0 aromatic rings. The molecule has 0 spiro atoms. The van der Waals surface area contributed by atoms with Gasteiger partial charge < -0.3 is 15.0 Å². The van der Waals surface area contributed by atoms with E-state index in [2.05, 4.69) is 10.2 Å². The van der Waals surface area contributed by atoms with Crippen molar-refractivity contribution in [3.8, 4) is 0 Å². The smallest absolute Gasteiger partial charge is 0.239 e. The van der Waals surface area contributed by atoms with Gasteiger partial charge in [0.1, 0.15) is 0 Å². The van der Waals surface area contributed by atoms with Crippen LogP contribution in [-0.2, 0) is 9.53 Å². The fraction of sp³-hybridized carbons (Fsp3) is 0.929. The second-order valence-corrected chi connectivity index (χ2v) is 6.00. The number of nitrogens with zero attached hydrogens (tertiary/aromatic N) is 2. The highest BCUT2D eigenvalue weighted by Gasteiger charge is 2.30. The fourth-order valence-electron chi connectivity index (χ4n) is 3.36. The van der Waals surface area contributed by atoms with Crippen LogP contribution in [0.2, 0.25) is 0 Å². The first-order valence-corrected chi connectivity index (χ1v) is 7.65. The molecule has 124 valence electrons. The summed E-state index contributed by atoms with van der Waals surface area (Å²) in [7, 11) is 0. The van der Waals surface area contributed by atoms with Crippen LogP contribution in [0.4, 0.5) is 0 Å². The van der Waals surface area contributed by atoms with Crippen molar-refractivity contribution in [1.82, 2.24) is 15.1 Å². The predicted octanol–water partition coefficient (Wildman–Crippen LogP) is 0.763. The number of carbonyl (C=O) groups is 1. The van der Waals surface area contributed by atoms with Gasteiger partial charge >= 0.3 is 0 Å². The van der Waals surface area contributed by atoms with Crippen molar-refractivity contribution in [2.24, 2.45) is 5.92 Å². The van der Waals surface area contributed by atoms with Crippen LogP contribution in [0.25, 0.3) is 0 Å². The molecule has 5 nitrogen and oxygen atoms in total. The largest absolute Gasteiger partial charge is 0.381 e. The van der Waals surface area contributed by atoms with Gasteiger partial charge in [-0.15, -0.1) is 24.8 Å². The molecule has 0 bridgehead atoms. The number of ether oxygens (including phenoxy) is 1. The van der Waals surface area contributed by atoms with Gasteiger partial charge in [-0.2, -0.15) is 0 Å². The molecular weight excluding hydrogens is 313 g/mol. The van der Waals surface area contributed by atoms with Crippen molar-refractivity contribution >= 4 is 30.7 Å². The van der Waals surface area contributed by atoms with Crippen LogP contribution >= 0.6 is 24.8 Å². The molecular formula is C14H27Cl2N3O2. The highest BCUT2D eigenvalue weighted by atomic mass is 35.5. The standard InChI is InChI=1S/C14H25N3O2.2ClH/c18-14(13-2-1-4-15-13)17-7-5-16(6-8-17)10-12-3-9-19-11-12;;/h12-13,15H,1-11H2;2*1H. The summed E-state index contributed by atoms with van der Waals surface area (Å²) in [6, 6.07) is 0.0924. The van der Waals surface area contributed by atoms with Gasteiger partial charge in [0.05, 0.1) is 12.6 Å². The van der Waals surface area contributed by atoms with E-state index < -0.39 is 0 Å². The molecule has 1 N–H and O–H groups in total. The maximum absolute atomic E-state index is 12.3. The highest BCUT2D eigenvalue weighted by Crippen LogP contribution is 2.16. The van der Waals surface area contributed by atoms with Crippen LogP contribution in [0.15, 0.2) is 0 Å². The maximum Gasteiger partial charge on any atom is 0.239 e. The van der Waals surface area contributed by atoms with Gasteiger partial charge in [0.2, 0.25) is 5.91 Å². The average molecular weight is 340 g/mol. The summed E-state index contributed by atoms with van der Waals surface area (Å²) < 4.78 is 5.43. The number of hydrogen-bond acceptors (Lipinski definition) is 4. The van der Waals surface area contributed by atoms with E-state index in [-0.39, 0.29) is 30.9 Å². The zero-order chi connectivity index (χ0) is 13.1. The Hall–Kier alpha value is -0.0700. The SMILES string of the molecule is Cl.Cl.O=C(C1CCCN1)N1CCN(CC2CCOC2)CC1. The number of piperazine rings is 1. The summed E-state index contributed by atoms with van der Waals surface area (Å²) in [6.07, 6.45) is 3.35. The normalized spacial score (nSPS) is 29.8. The minimum atomic E-state index is 0. The number of carbonyl (C=O) groups excluding carboxylic acids is 1. The first-order chi connectivity index (χ1) is 9.33. The zero-order valence-electron chi connectivity index (χ0n) is 12.5. The third kappa shape index (κ3) is 4.96. The molecule has 3 rings (SSSR count). The molecule has 3 heterocycles. The Morgan fingerprint density at radius 2 is 1.90 bits per heavy atom. The summed E-state index contributed by atoms with van der Waals surface area (Å²) in [6.45, 7) is 7.82. The molecule has 0 saturated carbocycles. The Kier molecular flexibility index (Phi) is 8.27. The summed E-state index contributed by atoms with van der Waals surface area (Å²) in [4.78, 5) is 16.8. The third-order valence-corrected chi connectivity index (χ3v) is 4.58. The van der Waals surface area contributed by atoms with Gasteiger partial charge in [0.15, 0.2) is 0 Å². The van der Waals surface area contributed by atoms with Crippen LogP contribution in [0.5, 0.6) is 0 Å². The van der Waals surface area contributed by atoms with Crippen LogP contribution in [-0.4, -0.2) is 74.2 Å². The molecule has 0 aromatic heterocycles. The maximum atomic E-state index is 12.3. The lowest BCUT2D eigenvalue weighted by molar-refractivity contribution is -0.134. The average Bonchev–Trinajstić information content (AvgIpc) is 3.12. The highest BCUT2D eigenvalue weighted by molar-refractivity contribution is 5.85. The Bertz CT molecular complexity index is 313. The summed E-state index contributed by atoms with van der Waals surface area (Å²) in [5, 5.41) is 3.30. The van der Waals surface area contributed by atoms with E-state index in [0.29, 0.717) is 11.8 Å². The molecule has 0 aromatic carbocycles. The monoisotopic (exact) mass is 339 g/mol. The lowest BCUT2D eigenvalue weighted by Gasteiger charge is -2.36. The molecule has 3 aliphatic rings. The Labute approximate surface area is 139 Å². The summed E-state index contributed by atoms with van der Waals surface area (Å²) in [5.41, 5.74) is 0. The molecule has 3 aliphatic heterocycles. The van der Waals surface area contributed by atoms with E-state index in [9.17, 15) is 4.79 Å². The number of nitrogens with one attached hydrogen (secondary N) is 1. The van der Waals surface area contributed by atoms with Crippen LogP contribution < -0.4 is 5.32 Å². The van der Waals surface area contributed by atoms with Gasteiger partial charge in [0.25, 0.3) is 0 Å². The van der Waals surface area contributed by atoms with Crippen molar-refractivity contribution in [3.05, 3.63) is 0 Å². The number of hydrogen-bond donors (Lipinski definition) is 1. The molecule has 2 unspecified atom stereocenters. The molecule has 2 atom stereocenters. The van der Waals surface area contributed by atoms with Crippen molar-refractivity contribution < 1.29 is 9.53 Å². The Balaban J connectivity index is 0.00000110. The molecule has 3 fully saturated rings. The second kappa shape index (κ2) is 9.16. The third-order valence-electron chi connectivity index (χ3n) is 4.58. The van der Waals surface area contributed by atoms with Crippen molar-refractivity contribution in [1.29, 1.82) is 0 Å². The first kappa shape index (κ1) is 19.0. The van der Waals surface area contributed by atoms with Crippen molar-refractivity contribution in [2.45, 2.75) is 25.3 Å². The molecule has 7 heteroatoms. The Morgan fingerprint density at radius 1 is 1.14 bits per heavy atom. The van der Waals surface area contributed by atoms with E-state index in [4.69, 9.17) is 4.74 Å². The zero-order valence-corrected chi connectivity index (χ0v) is 14.1. The minimum absolute atomic E-state index is 0. The molecule has 1 amide bonds. The number of halogens is 2. The van der Waals surface area contributed by atoms with Gasteiger partial charge in [-0.25, -0.2) is 0 Å². The lowest BCUT2D eigenvalue weighted by Crippen LogP contribution is -2.53. The van der Waals surface area contributed by atoms with Crippen LogP contribution in [0.3, 0.4) is 0 Å². The van der Waals surface area contributed by atoms with Gasteiger partial charge in [-0.05, 0) is 31.7 Å². The van der Waals surface area contributed by atoms with Crippen molar-refractivity contribution in [2.75, 3.05) is 52.5 Å². The number of rotatable bonds is 3. The van der Waals surface area contributed by atoms with Gasteiger partial charge in [-0.1, -0.05) is 0 Å². The summed E-state index contributed by atoms with van der Waals surface area (Å²) in [5.74, 6) is 1.03. The molecule has 0 radical (unpaired) electrons. The van der Waals surface area contributed by atoms with E-state index >= 15 is 0 Å². The molecule has 0 aliphatic carbocycles. The number of amides is 1.